The second-order valence-corrected chi connectivity index (χ2v) is 5.00. The van der Waals surface area contributed by atoms with Crippen LogP contribution in [-0.4, -0.2) is 37.7 Å². The van der Waals surface area contributed by atoms with E-state index in [0.717, 1.165) is 24.3 Å². The van der Waals surface area contributed by atoms with Crippen LogP contribution in [0.1, 0.15) is 12.8 Å². The number of anilines is 2. The van der Waals surface area contributed by atoms with Crippen LogP contribution in [0.5, 0.6) is 0 Å². The topological polar surface area (TPSA) is 75.9 Å². The van der Waals surface area contributed by atoms with Gasteiger partial charge in [-0.25, -0.2) is 4.79 Å². The standard InChI is InChI=1S/C14H17N3O3/c15-8-12-9-20-14(19)17(12)11-5-3-10(4-6-11)16-7-1-2-13(16)18/h3-6,12H,1-2,7-9,15H2. The zero-order valence-corrected chi connectivity index (χ0v) is 11.1. The Hall–Kier alpha value is -2.08. The lowest BCUT2D eigenvalue weighted by Gasteiger charge is -2.21. The zero-order valence-electron chi connectivity index (χ0n) is 11.1. The van der Waals surface area contributed by atoms with E-state index < -0.39 is 0 Å². The highest BCUT2D eigenvalue weighted by atomic mass is 16.6. The maximum absolute atomic E-state index is 11.7. The van der Waals surface area contributed by atoms with Crippen molar-refractivity contribution >= 4 is 23.4 Å². The Bertz CT molecular complexity index is 529. The molecule has 2 amide bonds. The van der Waals surface area contributed by atoms with Crippen LogP contribution < -0.4 is 15.5 Å². The van der Waals surface area contributed by atoms with Crippen LogP contribution >= 0.6 is 0 Å². The second-order valence-electron chi connectivity index (χ2n) is 5.00. The molecule has 0 aromatic heterocycles. The summed E-state index contributed by atoms with van der Waals surface area (Å²) in [7, 11) is 0. The Morgan fingerprint density at radius 3 is 2.50 bits per heavy atom. The number of amides is 2. The first-order valence-electron chi connectivity index (χ1n) is 6.77. The summed E-state index contributed by atoms with van der Waals surface area (Å²) in [6.07, 6.45) is 1.13. The minimum absolute atomic E-state index is 0.123. The molecule has 2 heterocycles. The van der Waals surface area contributed by atoms with E-state index in [4.69, 9.17) is 10.5 Å². The van der Waals surface area contributed by atoms with Crippen molar-refractivity contribution in [3.05, 3.63) is 24.3 Å². The highest BCUT2D eigenvalue weighted by molar-refractivity contribution is 5.96. The van der Waals surface area contributed by atoms with Gasteiger partial charge in [0.25, 0.3) is 0 Å². The van der Waals surface area contributed by atoms with E-state index in [9.17, 15) is 9.59 Å². The van der Waals surface area contributed by atoms with Gasteiger partial charge < -0.3 is 15.4 Å². The second kappa shape index (κ2) is 5.13. The minimum Gasteiger partial charge on any atom is -0.447 e. The maximum Gasteiger partial charge on any atom is 0.414 e. The van der Waals surface area contributed by atoms with Crippen molar-refractivity contribution < 1.29 is 14.3 Å². The van der Waals surface area contributed by atoms with Crippen LogP contribution in [-0.2, 0) is 9.53 Å². The van der Waals surface area contributed by atoms with Gasteiger partial charge in [-0.15, -0.1) is 0 Å². The van der Waals surface area contributed by atoms with E-state index in [-0.39, 0.29) is 18.0 Å². The van der Waals surface area contributed by atoms with Crippen molar-refractivity contribution in [2.45, 2.75) is 18.9 Å². The van der Waals surface area contributed by atoms with Gasteiger partial charge in [-0.05, 0) is 30.7 Å². The van der Waals surface area contributed by atoms with Gasteiger partial charge in [0.2, 0.25) is 5.91 Å². The fourth-order valence-corrected chi connectivity index (χ4v) is 2.66. The van der Waals surface area contributed by atoms with Crippen molar-refractivity contribution in [1.82, 2.24) is 0 Å². The molecule has 6 nitrogen and oxygen atoms in total. The molecule has 2 aliphatic rings. The van der Waals surface area contributed by atoms with Gasteiger partial charge >= 0.3 is 6.09 Å². The molecular formula is C14H17N3O3. The van der Waals surface area contributed by atoms with Crippen molar-refractivity contribution in [2.24, 2.45) is 5.73 Å². The Morgan fingerprint density at radius 1 is 1.20 bits per heavy atom. The molecular weight excluding hydrogens is 258 g/mol. The molecule has 1 unspecified atom stereocenters. The third-order valence-electron chi connectivity index (χ3n) is 3.75. The molecule has 2 N–H and O–H groups in total. The highest BCUT2D eigenvalue weighted by Gasteiger charge is 2.33. The number of carbonyl (C=O) groups is 2. The van der Waals surface area contributed by atoms with Crippen LogP contribution in [0.4, 0.5) is 16.2 Å². The predicted octanol–water partition coefficient (Wildman–Crippen LogP) is 1.10. The number of carbonyl (C=O) groups excluding carboxylic acids is 2. The monoisotopic (exact) mass is 275 g/mol. The molecule has 0 saturated carbocycles. The smallest absolute Gasteiger partial charge is 0.414 e. The number of hydrogen-bond acceptors (Lipinski definition) is 4. The molecule has 6 heteroatoms. The molecule has 0 aliphatic carbocycles. The van der Waals surface area contributed by atoms with Gasteiger partial charge in [-0.1, -0.05) is 0 Å². The summed E-state index contributed by atoms with van der Waals surface area (Å²) in [5, 5.41) is 0. The van der Waals surface area contributed by atoms with E-state index in [2.05, 4.69) is 0 Å². The number of nitrogens with two attached hydrogens (primary N) is 1. The first-order valence-corrected chi connectivity index (χ1v) is 6.77. The van der Waals surface area contributed by atoms with Crippen LogP contribution in [0.15, 0.2) is 24.3 Å². The molecule has 0 spiro atoms. The summed E-state index contributed by atoms with van der Waals surface area (Å²) < 4.78 is 5.01. The van der Waals surface area contributed by atoms with Crippen molar-refractivity contribution in [1.29, 1.82) is 0 Å². The van der Waals surface area contributed by atoms with E-state index in [0.29, 0.717) is 19.6 Å². The van der Waals surface area contributed by atoms with Crippen LogP contribution in [0.3, 0.4) is 0 Å². The molecule has 1 aromatic rings. The normalized spacial score (nSPS) is 22.6. The first-order chi connectivity index (χ1) is 9.70. The summed E-state index contributed by atoms with van der Waals surface area (Å²) in [6.45, 7) is 1.44. The largest absolute Gasteiger partial charge is 0.447 e. The molecule has 20 heavy (non-hydrogen) atoms. The maximum atomic E-state index is 11.7. The van der Waals surface area contributed by atoms with Gasteiger partial charge in [-0.2, -0.15) is 0 Å². The third kappa shape index (κ3) is 2.12. The van der Waals surface area contributed by atoms with Crippen LogP contribution in [0, 0.1) is 0 Å². The molecule has 0 radical (unpaired) electrons. The zero-order chi connectivity index (χ0) is 14.1. The van der Waals surface area contributed by atoms with Crippen LogP contribution in [0.25, 0.3) is 0 Å². The summed E-state index contributed by atoms with van der Waals surface area (Å²) in [4.78, 5) is 26.7. The lowest BCUT2D eigenvalue weighted by molar-refractivity contribution is -0.117. The summed E-state index contributed by atoms with van der Waals surface area (Å²) in [6, 6.07) is 7.25. The number of rotatable bonds is 3. The molecule has 3 rings (SSSR count). The van der Waals surface area contributed by atoms with Crippen molar-refractivity contribution in [2.75, 3.05) is 29.5 Å². The summed E-state index contributed by atoms with van der Waals surface area (Å²) in [5.41, 5.74) is 7.26. The molecule has 0 bridgehead atoms. The van der Waals surface area contributed by atoms with Gasteiger partial charge in [-0.3, -0.25) is 9.69 Å². The molecule has 1 atom stereocenters. The number of hydrogen-bond donors (Lipinski definition) is 1. The third-order valence-corrected chi connectivity index (χ3v) is 3.75. The fraction of sp³-hybridized carbons (Fsp3) is 0.429. The molecule has 106 valence electrons. The first kappa shape index (κ1) is 12.9. The average Bonchev–Trinajstić information content (AvgIpc) is 3.05. The highest BCUT2D eigenvalue weighted by Crippen LogP contribution is 2.27. The van der Waals surface area contributed by atoms with E-state index in [1.54, 1.807) is 9.80 Å². The molecule has 2 fully saturated rings. The lowest BCUT2D eigenvalue weighted by Crippen LogP contribution is -2.38. The van der Waals surface area contributed by atoms with E-state index >= 15 is 0 Å². The predicted molar refractivity (Wildman–Crippen MR) is 74.7 cm³/mol. The summed E-state index contributed by atoms with van der Waals surface area (Å²) in [5.74, 6) is 0.151. The van der Waals surface area contributed by atoms with Crippen LogP contribution in [0.2, 0.25) is 0 Å². The Labute approximate surface area is 117 Å². The molecule has 2 aliphatic heterocycles. The fourth-order valence-electron chi connectivity index (χ4n) is 2.66. The average molecular weight is 275 g/mol. The quantitative estimate of drug-likeness (QED) is 0.896. The summed E-state index contributed by atoms with van der Waals surface area (Å²) >= 11 is 0. The Kier molecular flexibility index (Phi) is 3.31. The molecule has 1 aromatic carbocycles. The number of nitrogens with zero attached hydrogens (tertiary/aromatic N) is 2. The van der Waals surface area contributed by atoms with E-state index in [1.807, 2.05) is 24.3 Å². The number of benzene rings is 1. The van der Waals surface area contributed by atoms with Crippen molar-refractivity contribution in [3.8, 4) is 0 Å². The van der Waals surface area contributed by atoms with Crippen molar-refractivity contribution in [3.63, 3.8) is 0 Å². The van der Waals surface area contributed by atoms with Gasteiger partial charge in [0.1, 0.15) is 6.61 Å². The van der Waals surface area contributed by atoms with Gasteiger partial charge in [0, 0.05) is 30.9 Å². The number of cyclic esters (lactones) is 1. The Balaban J connectivity index is 1.82. The lowest BCUT2D eigenvalue weighted by atomic mass is 10.2. The minimum atomic E-state index is -0.370. The molecule has 2 saturated heterocycles. The SMILES string of the molecule is NCC1COC(=O)N1c1ccc(N2CCCC2=O)cc1. The van der Waals surface area contributed by atoms with E-state index in [1.165, 1.54) is 0 Å². The van der Waals surface area contributed by atoms with Gasteiger partial charge in [0.05, 0.1) is 6.04 Å². The van der Waals surface area contributed by atoms with Gasteiger partial charge in [0.15, 0.2) is 0 Å². The Morgan fingerprint density at radius 2 is 1.90 bits per heavy atom. The number of ether oxygens (including phenoxy) is 1.